The molecule has 1 amide bonds. The van der Waals surface area contributed by atoms with E-state index in [2.05, 4.69) is 5.32 Å². The lowest BCUT2D eigenvalue weighted by Gasteiger charge is -2.16. The van der Waals surface area contributed by atoms with E-state index < -0.39 is 11.6 Å². The third-order valence-electron chi connectivity index (χ3n) is 3.74. The number of halogens is 2. The number of carbonyl (C=O) groups excluding carboxylic acids is 1. The van der Waals surface area contributed by atoms with Crippen molar-refractivity contribution < 1.29 is 18.7 Å². The summed E-state index contributed by atoms with van der Waals surface area (Å²) in [5, 5.41) is 11.9. The molecule has 20 heavy (non-hydrogen) atoms. The van der Waals surface area contributed by atoms with Crippen LogP contribution in [-0.2, 0) is 11.3 Å². The van der Waals surface area contributed by atoms with E-state index in [1.54, 1.807) is 7.05 Å². The molecule has 1 heterocycles. The van der Waals surface area contributed by atoms with E-state index in [0.717, 1.165) is 6.07 Å². The Morgan fingerprint density at radius 2 is 2.20 bits per heavy atom. The van der Waals surface area contributed by atoms with Crippen molar-refractivity contribution in [2.75, 3.05) is 26.7 Å². The van der Waals surface area contributed by atoms with Gasteiger partial charge in [-0.15, -0.1) is 0 Å². The summed E-state index contributed by atoms with van der Waals surface area (Å²) in [5.41, 5.74) is 0.389. The molecular formula is C14H18F2N2O2. The predicted octanol–water partition coefficient (Wildman–Crippen LogP) is 0.751. The maximum absolute atomic E-state index is 13.6. The number of hydrogen-bond donors (Lipinski definition) is 2. The summed E-state index contributed by atoms with van der Waals surface area (Å²) >= 11 is 0. The molecule has 1 aliphatic heterocycles. The van der Waals surface area contributed by atoms with Crippen LogP contribution in [0.4, 0.5) is 8.78 Å². The van der Waals surface area contributed by atoms with E-state index in [-0.39, 0.29) is 24.3 Å². The lowest BCUT2D eigenvalue weighted by atomic mass is 9.96. The van der Waals surface area contributed by atoms with Gasteiger partial charge in [-0.3, -0.25) is 9.69 Å². The molecule has 1 aromatic rings. The van der Waals surface area contributed by atoms with Crippen LogP contribution in [0.3, 0.4) is 0 Å². The van der Waals surface area contributed by atoms with E-state index >= 15 is 0 Å². The Hall–Kier alpha value is -1.53. The van der Waals surface area contributed by atoms with E-state index in [4.69, 9.17) is 0 Å². The van der Waals surface area contributed by atoms with Gasteiger partial charge in [-0.25, -0.2) is 8.78 Å². The first-order valence-corrected chi connectivity index (χ1v) is 6.54. The molecule has 1 aromatic carbocycles. The highest BCUT2D eigenvalue weighted by Crippen LogP contribution is 2.25. The first-order chi connectivity index (χ1) is 9.55. The summed E-state index contributed by atoms with van der Waals surface area (Å²) in [6.07, 6.45) is 0. The fraction of sp³-hybridized carbons (Fsp3) is 0.500. The number of rotatable bonds is 4. The standard InChI is InChI=1S/C14H18F2N2O2/c1-17-14(20)12-7-18(6-10(12)8-19)5-9-2-3-11(15)4-13(9)16/h2-4,10,12,19H,5-8H2,1H3,(H,17,20)/t10-,12+/m0/s1. The second kappa shape index (κ2) is 6.28. The van der Waals surface area contributed by atoms with Crippen LogP contribution in [0.2, 0.25) is 0 Å². The van der Waals surface area contributed by atoms with Crippen LogP contribution in [0.15, 0.2) is 18.2 Å². The minimum absolute atomic E-state index is 0.0829. The molecule has 0 unspecified atom stereocenters. The smallest absolute Gasteiger partial charge is 0.224 e. The van der Waals surface area contributed by atoms with Crippen molar-refractivity contribution in [3.63, 3.8) is 0 Å². The summed E-state index contributed by atoms with van der Waals surface area (Å²) in [6, 6.07) is 3.48. The molecule has 2 rings (SSSR count). The third kappa shape index (κ3) is 3.13. The topological polar surface area (TPSA) is 52.6 Å². The van der Waals surface area contributed by atoms with Crippen LogP contribution in [0.5, 0.6) is 0 Å². The average Bonchev–Trinajstić information content (AvgIpc) is 2.84. The van der Waals surface area contributed by atoms with Gasteiger partial charge in [-0.2, -0.15) is 0 Å². The lowest BCUT2D eigenvalue weighted by molar-refractivity contribution is -0.125. The SMILES string of the molecule is CNC(=O)[C@@H]1CN(Cc2ccc(F)cc2F)C[C@H]1CO. The number of hydrogen-bond acceptors (Lipinski definition) is 3. The maximum Gasteiger partial charge on any atom is 0.224 e. The molecule has 1 saturated heterocycles. The Bertz CT molecular complexity index is 496. The summed E-state index contributed by atoms with van der Waals surface area (Å²) in [6.45, 7) is 1.20. The number of likely N-dealkylation sites (tertiary alicyclic amines) is 1. The van der Waals surface area contributed by atoms with Gasteiger partial charge in [0.05, 0.1) is 5.92 Å². The second-order valence-corrected chi connectivity index (χ2v) is 5.09. The molecule has 0 aromatic heterocycles. The first kappa shape index (κ1) is 14.9. The van der Waals surface area contributed by atoms with Gasteiger partial charge in [0.2, 0.25) is 5.91 Å². The van der Waals surface area contributed by atoms with Crippen molar-refractivity contribution in [1.82, 2.24) is 10.2 Å². The van der Waals surface area contributed by atoms with Gasteiger partial charge >= 0.3 is 0 Å². The number of benzene rings is 1. The average molecular weight is 284 g/mol. The monoisotopic (exact) mass is 284 g/mol. The molecule has 0 saturated carbocycles. The molecule has 1 aliphatic rings. The van der Waals surface area contributed by atoms with E-state index in [0.29, 0.717) is 25.2 Å². The van der Waals surface area contributed by atoms with Crippen molar-refractivity contribution in [2.45, 2.75) is 6.54 Å². The quantitative estimate of drug-likeness (QED) is 0.858. The van der Waals surface area contributed by atoms with E-state index in [9.17, 15) is 18.7 Å². The van der Waals surface area contributed by atoms with Gasteiger partial charge in [-0.1, -0.05) is 6.07 Å². The highest BCUT2D eigenvalue weighted by Gasteiger charge is 2.36. The Morgan fingerprint density at radius 3 is 2.80 bits per heavy atom. The molecule has 0 spiro atoms. The molecule has 0 bridgehead atoms. The molecule has 0 radical (unpaired) electrons. The highest BCUT2D eigenvalue weighted by molar-refractivity contribution is 5.79. The Kier molecular flexibility index (Phi) is 4.67. The third-order valence-corrected chi connectivity index (χ3v) is 3.74. The molecule has 4 nitrogen and oxygen atoms in total. The fourth-order valence-electron chi connectivity index (χ4n) is 2.65. The normalized spacial score (nSPS) is 23.0. The van der Waals surface area contributed by atoms with Gasteiger partial charge in [0.1, 0.15) is 11.6 Å². The minimum Gasteiger partial charge on any atom is -0.396 e. The number of nitrogens with zero attached hydrogens (tertiary/aromatic N) is 1. The fourth-order valence-corrected chi connectivity index (χ4v) is 2.65. The molecule has 0 aliphatic carbocycles. The van der Waals surface area contributed by atoms with Crippen molar-refractivity contribution in [3.8, 4) is 0 Å². The Morgan fingerprint density at radius 1 is 1.45 bits per heavy atom. The number of carbonyl (C=O) groups is 1. The zero-order valence-electron chi connectivity index (χ0n) is 11.3. The van der Waals surface area contributed by atoms with Crippen molar-refractivity contribution in [2.24, 2.45) is 11.8 Å². The van der Waals surface area contributed by atoms with Crippen LogP contribution in [0.25, 0.3) is 0 Å². The molecule has 2 atom stereocenters. The minimum atomic E-state index is -0.607. The molecule has 2 N–H and O–H groups in total. The number of amides is 1. The Balaban J connectivity index is 2.06. The zero-order chi connectivity index (χ0) is 14.7. The van der Waals surface area contributed by atoms with Gasteiger partial charge in [0, 0.05) is 50.8 Å². The molecule has 110 valence electrons. The molecule has 1 fully saturated rings. The van der Waals surface area contributed by atoms with Gasteiger partial charge in [0.15, 0.2) is 0 Å². The summed E-state index contributed by atoms with van der Waals surface area (Å²) in [7, 11) is 1.55. The van der Waals surface area contributed by atoms with E-state index in [1.165, 1.54) is 12.1 Å². The van der Waals surface area contributed by atoms with Gasteiger partial charge in [0.25, 0.3) is 0 Å². The van der Waals surface area contributed by atoms with Gasteiger partial charge < -0.3 is 10.4 Å². The van der Waals surface area contributed by atoms with Gasteiger partial charge in [-0.05, 0) is 6.07 Å². The molecule has 6 heteroatoms. The number of nitrogens with one attached hydrogen (secondary N) is 1. The molecular weight excluding hydrogens is 266 g/mol. The number of aliphatic hydroxyl groups is 1. The lowest BCUT2D eigenvalue weighted by Crippen LogP contribution is -2.33. The Labute approximate surface area is 116 Å². The first-order valence-electron chi connectivity index (χ1n) is 6.54. The largest absolute Gasteiger partial charge is 0.396 e. The highest BCUT2D eigenvalue weighted by atomic mass is 19.1. The number of aliphatic hydroxyl groups excluding tert-OH is 1. The summed E-state index contributed by atoms with van der Waals surface area (Å²) < 4.78 is 26.5. The van der Waals surface area contributed by atoms with Crippen molar-refractivity contribution in [1.29, 1.82) is 0 Å². The maximum atomic E-state index is 13.6. The van der Waals surface area contributed by atoms with Crippen molar-refractivity contribution >= 4 is 5.91 Å². The second-order valence-electron chi connectivity index (χ2n) is 5.09. The van der Waals surface area contributed by atoms with Crippen LogP contribution in [0.1, 0.15) is 5.56 Å². The van der Waals surface area contributed by atoms with Crippen LogP contribution < -0.4 is 5.32 Å². The predicted molar refractivity (Wildman–Crippen MR) is 69.8 cm³/mol. The van der Waals surface area contributed by atoms with Crippen LogP contribution in [0, 0.1) is 23.5 Å². The van der Waals surface area contributed by atoms with Crippen LogP contribution >= 0.6 is 0 Å². The zero-order valence-corrected chi connectivity index (χ0v) is 11.3. The van der Waals surface area contributed by atoms with Crippen LogP contribution in [-0.4, -0.2) is 42.7 Å². The summed E-state index contributed by atoms with van der Waals surface area (Å²) in [5.74, 6) is -1.77. The summed E-state index contributed by atoms with van der Waals surface area (Å²) in [4.78, 5) is 13.6. The van der Waals surface area contributed by atoms with Crippen molar-refractivity contribution in [3.05, 3.63) is 35.4 Å². The van der Waals surface area contributed by atoms with E-state index in [1.807, 2.05) is 4.90 Å².